The number of hydrogen-bond acceptors (Lipinski definition) is 7. The number of nitrogens with two attached hydrogens (primary N) is 1. The number of nitrogens with zero attached hydrogens (tertiary/aromatic N) is 5. The Morgan fingerprint density at radius 2 is 2.07 bits per heavy atom. The van der Waals surface area contributed by atoms with Gasteiger partial charge in [-0.2, -0.15) is 14.6 Å². The largest absolute Gasteiger partial charge is 0.383 e. The standard InChI is InChI=1S/C21H16N6OS/c1-11-5-6-17-15(8-11)14(12(2)24-17)9-16-18(22)27-21(25-19(16)28)29-20(26-27)13-4-3-7-23-10-13/h3-10H,22H2,1-2H3/b14-9+. The Labute approximate surface area is 169 Å². The maximum absolute atomic E-state index is 12.8. The zero-order chi connectivity index (χ0) is 20.1. The predicted octanol–water partition coefficient (Wildman–Crippen LogP) is 3.75. The normalized spacial score (nSPS) is 14.4. The van der Waals surface area contributed by atoms with Crippen LogP contribution in [0.3, 0.4) is 0 Å². The summed E-state index contributed by atoms with van der Waals surface area (Å²) < 4.78 is 1.51. The molecule has 3 aromatic heterocycles. The van der Waals surface area contributed by atoms with E-state index in [4.69, 9.17) is 5.73 Å². The van der Waals surface area contributed by atoms with Gasteiger partial charge in [0, 0.05) is 34.8 Å². The number of pyridine rings is 1. The minimum Gasteiger partial charge on any atom is -0.383 e. The second-order valence-electron chi connectivity index (χ2n) is 6.83. The van der Waals surface area contributed by atoms with Crippen molar-refractivity contribution >= 4 is 45.2 Å². The van der Waals surface area contributed by atoms with Gasteiger partial charge >= 0.3 is 0 Å². The van der Waals surface area contributed by atoms with E-state index in [9.17, 15) is 4.79 Å². The molecule has 0 bridgehead atoms. The van der Waals surface area contributed by atoms with E-state index < -0.39 is 0 Å². The van der Waals surface area contributed by atoms with E-state index in [-0.39, 0.29) is 11.4 Å². The highest BCUT2D eigenvalue weighted by atomic mass is 32.1. The third-order valence-corrected chi connectivity index (χ3v) is 5.77. The molecule has 0 saturated heterocycles. The van der Waals surface area contributed by atoms with Crippen molar-refractivity contribution in [3.63, 3.8) is 0 Å². The SMILES string of the molecule is CC1=Nc2ccc(C)cc2/C1=C/c1c(N)n2nc(-c3cccnc3)sc2nc1=O. The van der Waals surface area contributed by atoms with Crippen molar-refractivity contribution in [2.24, 2.45) is 4.99 Å². The average molecular weight is 400 g/mol. The molecule has 2 N–H and O–H groups in total. The van der Waals surface area contributed by atoms with Gasteiger partial charge in [-0.15, -0.1) is 0 Å². The summed E-state index contributed by atoms with van der Waals surface area (Å²) in [5.41, 5.74) is 11.8. The zero-order valence-electron chi connectivity index (χ0n) is 15.7. The average Bonchev–Trinajstić information content (AvgIpc) is 3.27. The van der Waals surface area contributed by atoms with Gasteiger partial charge in [-0.05, 0) is 44.2 Å². The van der Waals surface area contributed by atoms with Crippen molar-refractivity contribution < 1.29 is 0 Å². The Bertz CT molecular complexity index is 1400. The molecule has 0 radical (unpaired) electrons. The lowest BCUT2D eigenvalue weighted by atomic mass is 9.99. The smallest absolute Gasteiger partial charge is 0.283 e. The van der Waals surface area contributed by atoms with Gasteiger partial charge in [-0.1, -0.05) is 23.0 Å². The molecule has 0 unspecified atom stereocenters. The van der Waals surface area contributed by atoms with Gasteiger partial charge in [-0.25, -0.2) is 0 Å². The predicted molar refractivity (Wildman–Crippen MR) is 117 cm³/mol. The van der Waals surface area contributed by atoms with Crippen LogP contribution in [0.5, 0.6) is 0 Å². The van der Waals surface area contributed by atoms with Gasteiger partial charge in [0.2, 0.25) is 4.96 Å². The molecule has 0 amide bonds. The highest BCUT2D eigenvalue weighted by Gasteiger charge is 2.20. The van der Waals surface area contributed by atoms with Crippen LogP contribution in [-0.2, 0) is 0 Å². The molecule has 142 valence electrons. The molecule has 5 rings (SSSR count). The second kappa shape index (κ2) is 6.46. The molecular formula is C21H16N6OS. The van der Waals surface area contributed by atoms with Crippen LogP contribution in [0.1, 0.15) is 23.6 Å². The molecule has 8 heteroatoms. The van der Waals surface area contributed by atoms with Crippen molar-refractivity contribution in [2.45, 2.75) is 13.8 Å². The Hall–Kier alpha value is -3.65. The summed E-state index contributed by atoms with van der Waals surface area (Å²) in [6.45, 7) is 3.95. The number of fused-ring (bicyclic) bond motifs is 2. The van der Waals surface area contributed by atoms with Crippen molar-refractivity contribution in [2.75, 3.05) is 5.73 Å². The van der Waals surface area contributed by atoms with E-state index in [0.29, 0.717) is 15.5 Å². The topological polar surface area (TPSA) is 98.5 Å². The summed E-state index contributed by atoms with van der Waals surface area (Å²) in [7, 11) is 0. The lowest BCUT2D eigenvalue weighted by Crippen LogP contribution is -2.17. The van der Waals surface area contributed by atoms with Gasteiger partial charge in [0.15, 0.2) is 0 Å². The van der Waals surface area contributed by atoms with Gasteiger partial charge < -0.3 is 5.73 Å². The molecule has 0 saturated carbocycles. The number of aromatic nitrogens is 4. The van der Waals surface area contributed by atoms with Crippen molar-refractivity contribution in [1.29, 1.82) is 0 Å². The van der Waals surface area contributed by atoms with Crippen LogP contribution < -0.4 is 11.3 Å². The second-order valence-corrected chi connectivity index (χ2v) is 7.79. The quantitative estimate of drug-likeness (QED) is 0.552. The van der Waals surface area contributed by atoms with E-state index in [1.807, 2.05) is 38.1 Å². The summed E-state index contributed by atoms with van der Waals surface area (Å²) in [6.07, 6.45) is 5.18. The van der Waals surface area contributed by atoms with Gasteiger partial charge in [0.1, 0.15) is 10.8 Å². The number of aliphatic imine (C=N–C) groups is 1. The third-order valence-electron chi connectivity index (χ3n) is 4.81. The van der Waals surface area contributed by atoms with E-state index in [0.717, 1.165) is 33.7 Å². The Kier molecular flexibility index (Phi) is 3.88. The monoisotopic (exact) mass is 400 g/mol. The number of rotatable bonds is 2. The molecule has 4 heterocycles. The van der Waals surface area contributed by atoms with Crippen molar-refractivity contribution in [3.8, 4) is 10.6 Å². The molecule has 0 fully saturated rings. The van der Waals surface area contributed by atoms with Crippen molar-refractivity contribution in [3.05, 3.63) is 69.8 Å². The molecular weight excluding hydrogens is 384 g/mol. The minimum absolute atomic E-state index is 0.257. The summed E-state index contributed by atoms with van der Waals surface area (Å²) in [5, 5.41) is 5.24. The molecule has 0 aliphatic carbocycles. The van der Waals surface area contributed by atoms with E-state index >= 15 is 0 Å². The van der Waals surface area contributed by atoms with Gasteiger partial charge in [0.25, 0.3) is 5.56 Å². The lowest BCUT2D eigenvalue weighted by molar-refractivity contribution is 0.944. The molecule has 1 aliphatic heterocycles. The summed E-state index contributed by atoms with van der Waals surface area (Å²) in [5.74, 6) is 0.257. The fraction of sp³-hybridized carbons (Fsp3) is 0.0952. The number of hydrogen-bond donors (Lipinski definition) is 1. The van der Waals surface area contributed by atoms with Gasteiger partial charge in [0.05, 0.1) is 11.3 Å². The lowest BCUT2D eigenvalue weighted by Gasteiger charge is -2.05. The van der Waals surface area contributed by atoms with E-state index in [1.165, 1.54) is 15.9 Å². The summed E-state index contributed by atoms with van der Waals surface area (Å²) >= 11 is 1.30. The maximum Gasteiger partial charge on any atom is 0.283 e. The van der Waals surface area contributed by atoms with Crippen LogP contribution in [0.2, 0.25) is 0 Å². The van der Waals surface area contributed by atoms with Crippen LogP contribution in [-0.4, -0.2) is 25.3 Å². The first-order chi connectivity index (χ1) is 14.0. The first kappa shape index (κ1) is 17.4. The van der Waals surface area contributed by atoms with Crippen LogP contribution in [0.25, 0.3) is 27.2 Å². The van der Waals surface area contributed by atoms with Crippen LogP contribution in [0.4, 0.5) is 11.5 Å². The Balaban J connectivity index is 1.69. The third kappa shape index (κ3) is 2.85. The number of aryl methyl sites for hydroxylation is 1. The fourth-order valence-electron chi connectivity index (χ4n) is 3.35. The number of allylic oxidation sites excluding steroid dienone is 1. The molecule has 1 aliphatic rings. The van der Waals surface area contributed by atoms with E-state index in [2.05, 4.69) is 26.1 Å². The Morgan fingerprint density at radius 1 is 1.21 bits per heavy atom. The molecule has 0 spiro atoms. The zero-order valence-corrected chi connectivity index (χ0v) is 16.6. The Morgan fingerprint density at radius 3 is 2.86 bits per heavy atom. The van der Waals surface area contributed by atoms with E-state index in [1.54, 1.807) is 18.5 Å². The molecule has 7 nitrogen and oxygen atoms in total. The van der Waals surface area contributed by atoms with Gasteiger partial charge in [-0.3, -0.25) is 14.8 Å². The first-order valence-corrected chi connectivity index (χ1v) is 9.81. The van der Waals surface area contributed by atoms with Crippen LogP contribution in [0, 0.1) is 6.92 Å². The van der Waals surface area contributed by atoms with Crippen molar-refractivity contribution in [1.82, 2.24) is 19.6 Å². The highest BCUT2D eigenvalue weighted by Crippen LogP contribution is 2.36. The fourth-order valence-corrected chi connectivity index (χ4v) is 4.24. The summed E-state index contributed by atoms with van der Waals surface area (Å²) in [4.78, 5) is 26.1. The number of benzene rings is 1. The van der Waals surface area contributed by atoms with Crippen LogP contribution in [0.15, 0.2) is 52.5 Å². The molecule has 0 atom stereocenters. The van der Waals surface area contributed by atoms with Crippen LogP contribution >= 0.6 is 11.3 Å². The number of nitrogen functional groups attached to an aromatic ring is 1. The molecule has 29 heavy (non-hydrogen) atoms. The molecule has 1 aromatic carbocycles. The minimum atomic E-state index is -0.384. The highest BCUT2D eigenvalue weighted by molar-refractivity contribution is 7.19. The maximum atomic E-state index is 12.8. The number of anilines is 1. The first-order valence-electron chi connectivity index (χ1n) is 8.99. The summed E-state index contributed by atoms with van der Waals surface area (Å²) in [6, 6.07) is 9.79. The molecule has 4 aromatic rings.